The predicted molar refractivity (Wildman–Crippen MR) is 176 cm³/mol. The molecule has 10 heteroatoms. The van der Waals surface area contributed by atoms with Gasteiger partial charge in [0.25, 0.3) is 5.78 Å². The number of carbonyl (C=O) groups is 2. The number of ether oxygens (including phenoxy) is 2. The Morgan fingerprint density at radius 3 is 2.20 bits per heavy atom. The van der Waals surface area contributed by atoms with E-state index >= 15 is 0 Å². The van der Waals surface area contributed by atoms with Crippen molar-refractivity contribution >= 4 is 45.7 Å². The molecule has 2 heterocycles. The van der Waals surface area contributed by atoms with E-state index in [2.05, 4.69) is 10.2 Å². The number of hydrogen-bond donors (Lipinski definition) is 1. The normalized spacial score (nSPS) is 15.8. The van der Waals surface area contributed by atoms with Gasteiger partial charge in [-0.1, -0.05) is 120 Å². The highest BCUT2D eigenvalue weighted by Crippen LogP contribution is 2.45. The molecule has 8 nitrogen and oxygen atoms in total. The lowest BCUT2D eigenvalue weighted by atomic mass is 9.95. The molecule has 226 valence electrons. The Morgan fingerprint density at radius 2 is 1.51 bits per heavy atom. The van der Waals surface area contributed by atoms with Gasteiger partial charge >= 0.3 is 5.91 Å². The van der Waals surface area contributed by atoms with Gasteiger partial charge in [0.05, 0.1) is 18.2 Å². The van der Waals surface area contributed by atoms with Gasteiger partial charge < -0.3 is 14.6 Å². The van der Waals surface area contributed by atoms with Crippen molar-refractivity contribution in [1.82, 2.24) is 10.2 Å². The standard InChI is InChI=1S/C35H29N3O5S2/c1-2-42-28-20-26(18-19-27(28)43-21-23-12-6-3-7-13-23)30-29(31(39)25-16-10-5-11-17-25)32(40)33(41)38(30)34-36-37-35(45-34)44-22-24-14-8-4-9-15-24/h3-20,30,39H,2,21-22H2,1H3/b31-29+. The van der Waals surface area contributed by atoms with Crippen LogP contribution in [0.5, 0.6) is 11.5 Å². The van der Waals surface area contributed by atoms with Crippen LogP contribution in [-0.2, 0) is 21.9 Å². The fourth-order valence-corrected chi connectivity index (χ4v) is 6.82. The maximum atomic E-state index is 13.7. The van der Waals surface area contributed by atoms with E-state index in [-0.39, 0.29) is 16.5 Å². The summed E-state index contributed by atoms with van der Waals surface area (Å²) in [5.41, 5.74) is 3.05. The molecule has 1 aliphatic heterocycles. The Kier molecular flexibility index (Phi) is 9.23. The summed E-state index contributed by atoms with van der Waals surface area (Å²) in [5, 5.41) is 20.3. The zero-order valence-electron chi connectivity index (χ0n) is 24.3. The van der Waals surface area contributed by atoms with Crippen molar-refractivity contribution in [2.24, 2.45) is 0 Å². The Hall–Kier alpha value is -4.93. The number of carbonyl (C=O) groups excluding carboxylic acids is 2. The highest BCUT2D eigenvalue weighted by molar-refractivity contribution is 8.00. The van der Waals surface area contributed by atoms with E-state index < -0.39 is 17.7 Å². The molecule has 4 aromatic carbocycles. The molecule has 1 fully saturated rings. The fourth-order valence-electron chi connectivity index (χ4n) is 4.99. The number of hydrogen-bond acceptors (Lipinski definition) is 9. The molecule has 1 unspecified atom stereocenters. The number of nitrogens with zero attached hydrogens (tertiary/aromatic N) is 3. The van der Waals surface area contributed by atoms with E-state index in [0.29, 0.717) is 45.9 Å². The summed E-state index contributed by atoms with van der Waals surface area (Å²) < 4.78 is 12.7. The molecule has 0 spiro atoms. The zero-order valence-corrected chi connectivity index (χ0v) is 26.0. The van der Waals surface area contributed by atoms with E-state index in [1.165, 1.54) is 28.0 Å². The Balaban J connectivity index is 1.39. The van der Waals surface area contributed by atoms with Crippen molar-refractivity contribution in [3.63, 3.8) is 0 Å². The monoisotopic (exact) mass is 635 g/mol. The molecule has 1 saturated heterocycles. The molecule has 1 amide bonds. The topological polar surface area (TPSA) is 102 Å². The van der Waals surface area contributed by atoms with Crippen molar-refractivity contribution in [2.75, 3.05) is 11.5 Å². The first-order chi connectivity index (χ1) is 22.0. The van der Waals surface area contributed by atoms with Gasteiger partial charge in [0.2, 0.25) is 5.13 Å². The summed E-state index contributed by atoms with van der Waals surface area (Å²) in [4.78, 5) is 28.6. The summed E-state index contributed by atoms with van der Waals surface area (Å²) >= 11 is 2.71. The molecule has 1 aromatic heterocycles. The van der Waals surface area contributed by atoms with Crippen LogP contribution in [0, 0.1) is 0 Å². The van der Waals surface area contributed by atoms with Crippen LogP contribution >= 0.6 is 23.1 Å². The van der Waals surface area contributed by atoms with Gasteiger partial charge in [-0.2, -0.15) is 0 Å². The lowest BCUT2D eigenvalue weighted by Crippen LogP contribution is -2.29. The average molecular weight is 636 g/mol. The molecular formula is C35H29N3O5S2. The van der Waals surface area contributed by atoms with E-state index in [9.17, 15) is 14.7 Å². The molecule has 0 radical (unpaired) electrons. The molecule has 6 rings (SSSR count). The van der Waals surface area contributed by atoms with Gasteiger partial charge in [-0.25, -0.2) is 0 Å². The Labute approximate surface area is 269 Å². The molecular weight excluding hydrogens is 607 g/mol. The molecule has 1 N–H and O–H groups in total. The molecule has 0 bridgehead atoms. The second-order valence-electron chi connectivity index (χ2n) is 10.1. The molecule has 5 aromatic rings. The summed E-state index contributed by atoms with van der Waals surface area (Å²) in [5.74, 6) is -0.235. The van der Waals surface area contributed by atoms with Crippen LogP contribution < -0.4 is 14.4 Å². The van der Waals surface area contributed by atoms with Gasteiger partial charge in [-0.3, -0.25) is 14.5 Å². The van der Waals surface area contributed by atoms with Gasteiger partial charge in [0, 0.05) is 11.3 Å². The summed E-state index contributed by atoms with van der Waals surface area (Å²) in [6, 6.07) is 32.7. The molecule has 45 heavy (non-hydrogen) atoms. The highest BCUT2D eigenvalue weighted by Gasteiger charge is 2.48. The van der Waals surface area contributed by atoms with Crippen LogP contribution in [-0.4, -0.2) is 33.6 Å². The van der Waals surface area contributed by atoms with Crippen molar-refractivity contribution < 1.29 is 24.2 Å². The van der Waals surface area contributed by atoms with E-state index in [1.807, 2.05) is 73.7 Å². The molecule has 0 aliphatic carbocycles. The van der Waals surface area contributed by atoms with Crippen molar-refractivity contribution in [1.29, 1.82) is 0 Å². The van der Waals surface area contributed by atoms with Gasteiger partial charge in [-0.15, -0.1) is 10.2 Å². The third kappa shape index (κ3) is 6.62. The number of aliphatic hydroxyl groups excluding tert-OH is 1. The van der Waals surface area contributed by atoms with E-state index in [0.717, 1.165) is 11.1 Å². The zero-order chi connectivity index (χ0) is 31.2. The maximum Gasteiger partial charge on any atom is 0.301 e. The summed E-state index contributed by atoms with van der Waals surface area (Å²) in [6.45, 7) is 2.57. The number of thioether (sulfide) groups is 1. The molecule has 0 saturated carbocycles. The van der Waals surface area contributed by atoms with E-state index in [4.69, 9.17) is 9.47 Å². The quantitative estimate of drug-likeness (QED) is 0.0526. The number of rotatable bonds is 11. The largest absolute Gasteiger partial charge is 0.507 e. The molecule has 1 atom stereocenters. The number of anilines is 1. The van der Waals surface area contributed by atoms with Crippen LogP contribution in [0.1, 0.15) is 35.2 Å². The highest BCUT2D eigenvalue weighted by atomic mass is 32.2. The van der Waals surface area contributed by atoms with Crippen molar-refractivity contribution in [2.45, 2.75) is 29.7 Å². The van der Waals surface area contributed by atoms with Crippen molar-refractivity contribution in [3.8, 4) is 11.5 Å². The number of aromatic nitrogens is 2. The van der Waals surface area contributed by atoms with Crippen LogP contribution in [0.3, 0.4) is 0 Å². The SMILES string of the molecule is CCOc1cc(C2/C(=C(\O)c3ccccc3)C(=O)C(=O)N2c2nnc(SCc3ccccc3)s2)ccc1OCc1ccccc1. The van der Waals surface area contributed by atoms with Crippen LogP contribution in [0.15, 0.2) is 119 Å². The molecule has 1 aliphatic rings. The first-order valence-electron chi connectivity index (χ1n) is 14.3. The van der Waals surface area contributed by atoms with Crippen molar-refractivity contribution in [3.05, 3.63) is 137 Å². The second kappa shape index (κ2) is 13.8. The number of amides is 1. The van der Waals surface area contributed by atoms with Crippen LogP contribution in [0.25, 0.3) is 5.76 Å². The maximum absolute atomic E-state index is 13.7. The third-order valence-corrected chi connectivity index (χ3v) is 9.25. The lowest BCUT2D eigenvalue weighted by molar-refractivity contribution is -0.132. The number of aliphatic hydroxyl groups is 1. The first kappa shape index (κ1) is 30.1. The lowest BCUT2D eigenvalue weighted by Gasteiger charge is -2.23. The Morgan fingerprint density at radius 1 is 0.844 bits per heavy atom. The average Bonchev–Trinajstić information content (AvgIpc) is 3.66. The Bertz CT molecular complexity index is 1830. The van der Waals surface area contributed by atoms with Gasteiger partial charge in [-0.05, 0) is 35.7 Å². The van der Waals surface area contributed by atoms with Crippen LogP contribution in [0.4, 0.5) is 5.13 Å². The number of benzene rings is 4. The van der Waals surface area contributed by atoms with Gasteiger partial charge in [0.15, 0.2) is 15.8 Å². The first-order valence-corrected chi connectivity index (χ1v) is 16.1. The third-order valence-electron chi connectivity index (χ3n) is 7.12. The van der Waals surface area contributed by atoms with Crippen LogP contribution in [0.2, 0.25) is 0 Å². The minimum Gasteiger partial charge on any atom is -0.507 e. The minimum atomic E-state index is -0.979. The fraction of sp³-hybridized carbons (Fsp3) is 0.143. The summed E-state index contributed by atoms with van der Waals surface area (Å²) in [6.07, 6.45) is 0. The van der Waals surface area contributed by atoms with E-state index in [1.54, 1.807) is 42.5 Å². The predicted octanol–water partition coefficient (Wildman–Crippen LogP) is 7.43. The smallest absolute Gasteiger partial charge is 0.301 e. The number of ketones is 1. The second-order valence-corrected chi connectivity index (χ2v) is 12.3. The minimum absolute atomic E-state index is 0.0414. The van der Waals surface area contributed by atoms with Gasteiger partial charge in [0.1, 0.15) is 12.4 Å². The number of Topliss-reactive ketones (excluding diaryl/α,β-unsaturated/α-hetero) is 1. The summed E-state index contributed by atoms with van der Waals surface area (Å²) in [7, 11) is 0.